The van der Waals surface area contributed by atoms with Gasteiger partial charge in [0.15, 0.2) is 0 Å². The summed E-state index contributed by atoms with van der Waals surface area (Å²) in [6, 6.07) is 15.3. The molecule has 2 aromatic carbocycles. The van der Waals surface area contributed by atoms with E-state index in [1.807, 2.05) is 24.3 Å². The number of carbonyl (C=O) groups is 1. The van der Waals surface area contributed by atoms with Crippen molar-refractivity contribution in [1.82, 2.24) is 0 Å². The van der Waals surface area contributed by atoms with Crippen LogP contribution >= 0.6 is 0 Å². The molecule has 2 aromatic rings. The zero-order valence-electron chi connectivity index (χ0n) is 14.5. The van der Waals surface area contributed by atoms with Crippen molar-refractivity contribution in [3.05, 3.63) is 59.7 Å². The van der Waals surface area contributed by atoms with Gasteiger partial charge in [0.25, 0.3) is 0 Å². The molecule has 2 N–H and O–H groups in total. The molecule has 2 rings (SSSR count). The van der Waals surface area contributed by atoms with Gasteiger partial charge < -0.3 is 9.84 Å². The van der Waals surface area contributed by atoms with Gasteiger partial charge in [-0.1, -0.05) is 57.2 Å². The van der Waals surface area contributed by atoms with E-state index in [9.17, 15) is 9.90 Å². The predicted molar refractivity (Wildman–Crippen MR) is 96.5 cm³/mol. The predicted octanol–water partition coefficient (Wildman–Crippen LogP) is 4.87. The third kappa shape index (κ3) is 5.30. The van der Waals surface area contributed by atoms with Crippen LogP contribution in [0, 0.1) is 0 Å². The standard InChI is InChI=1S/C20H25NO3/c1-20(2,3)16-11-12-18(22)17(14-16)21-19(23)24-13-7-10-15-8-5-4-6-9-15/h4-6,8-9,11-12,14,22H,7,10,13H2,1-3H3,(H,21,23). The van der Waals surface area contributed by atoms with Crippen molar-refractivity contribution < 1.29 is 14.6 Å². The van der Waals surface area contributed by atoms with Crippen molar-refractivity contribution in [3.63, 3.8) is 0 Å². The summed E-state index contributed by atoms with van der Waals surface area (Å²) in [7, 11) is 0. The molecule has 4 heteroatoms. The van der Waals surface area contributed by atoms with Crippen molar-refractivity contribution in [2.45, 2.75) is 39.0 Å². The van der Waals surface area contributed by atoms with Gasteiger partial charge in [0.05, 0.1) is 12.3 Å². The topological polar surface area (TPSA) is 58.6 Å². The maximum absolute atomic E-state index is 11.9. The van der Waals surface area contributed by atoms with Gasteiger partial charge in [-0.3, -0.25) is 5.32 Å². The second kappa shape index (κ2) is 7.86. The minimum atomic E-state index is -0.551. The SMILES string of the molecule is CC(C)(C)c1ccc(O)c(NC(=O)OCCCc2ccccc2)c1. The Morgan fingerprint density at radius 1 is 1.12 bits per heavy atom. The minimum Gasteiger partial charge on any atom is -0.506 e. The lowest BCUT2D eigenvalue weighted by molar-refractivity contribution is 0.160. The highest BCUT2D eigenvalue weighted by Crippen LogP contribution is 2.30. The van der Waals surface area contributed by atoms with E-state index in [0.717, 1.165) is 18.4 Å². The van der Waals surface area contributed by atoms with Gasteiger partial charge in [0.2, 0.25) is 0 Å². The lowest BCUT2D eigenvalue weighted by atomic mass is 9.87. The molecule has 0 aliphatic carbocycles. The summed E-state index contributed by atoms with van der Waals surface area (Å²) < 4.78 is 5.19. The lowest BCUT2D eigenvalue weighted by Gasteiger charge is -2.20. The summed E-state index contributed by atoms with van der Waals surface area (Å²) in [6.45, 7) is 6.56. The first-order valence-electron chi connectivity index (χ1n) is 8.17. The molecule has 0 unspecified atom stereocenters. The zero-order chi connectivity index (χ0) is 17.6. The minimum absolute atomic E-state index is 0.0317. The molecular formula is C20H25NO3. The van der Waals surface area contributed by atoms with Crippen LogP contribution in [0.4, 0.5) is 10.5 Å². The van der Waals surface area contributed by atoms with Crippen LogP contribution in [-0.2, 0) is 16.6 Å². The van der Waals surface area contributed by atoms with Crippen LogP contribution in [-0.4, -0.2) is 17.8 Å². The summed E-state index contributed by atoms with van der Waals surface area (Å²) in [5.41, 5.74) is 2.55. The molecule has 0 saturated carbocycles. The van der Waals surface area contributed by atoms with E-state index in [2.05, 4.69) is 38.2 Å². The summed E-state index contributed by atoms with van der Waals surface area (Å²) >= 11 is 0. The Morgan fingerprint density at radius 3 is 2.50 bits per heavy atom. The van der Waals surface area contributed by atoms with E-state index in [1.54, 1.807) is 12.1 Å². The van der Waals surface area contributed by atoms with Crippen molar-refractivity contribution >= 4 is 11.8 Å². The summed E-state index contributed by atoms with van der Waals surface area (Å²) in [4.78, 5) is 11.9. The zero-order valence-corrected chi connectivity index (χ0v) is 14.5. The van der Waals surface area contributed by atoms with Crippen LogP contribution in [0.1, 0.15) is 38.3 Å². The Kier molecular flexibility index (Phi) is 5.85. The van der Waals surface area contributed by atoms with E-state index in [4.69, 9.17) is 4.74 Å². The number of hydrogen-bond donors (Lipinski definition) is 2. The molecule has 0 saturated heterocycles. The fourth-order valence-electron chi connectivity index (χ4n) is 2.33. The van der Waals surface area contributed by atoms with Crippen molar-refractivity contribution in [2.75, 3.05) is 11.9 Å². The van der Waals surface area contributed by atoms with Gasteiger partial charge in [0.1, 0.15) is 5.75 Å². The quantitative estimate of drug-likeness (QED) is 0.608. The fraction of sp³-hybridized carbons (Fsp3) is 0.350. The number of benzene rings is 2. The van der Waals surface area contributed by atoms with E-state index in [1.165, 1.54) is 5.56 Å². The number of anilines is 1. The number of carbonyl (C=O) groups excluding carboxylic acids is 1. The molecule has 0 atom stereocenters. The van der Waals surface area contributed by atoms with Crippen LogP contribution in [0.3, 0.4) is 0 Å². The van der Waals surface area contributed by atoms with Crippen molar-refractivity contribution in [1.29, 1.82) is 0 Å². The number of amides is 1. The first kappa shape index (κ1) is 17.9. The number of aryl methyl sites for hydroxylation is 1. The second-order valence-corrected chi connectivity index (χ2v) is 6.83. The molecule has 0 bridgehead atoms. The van der Waals surface area contributed by atoms with Gasteiger partial charge in [-0.2, -0.15) is 0 Å². The summed E-state index contributed by atoms with van der Waals surface area (Å²) in [5, 5.41) is 12.5. The molecular weight excluding hydrogens is 302 g/mol. The van der Waals surface area contributed by atoms with Gasteiger partial charge in [0, 0.05) is 0 Å². The number of rotatable bonds is 5. The highest BCUT2D eigenvalue weighted by molar-refractivity contribution is 5.86. The molecule has 0 aliphatic heterocycles. The Labute approximate surface area is 143 Å². The molecule has 128 valence electrons. The molecule has 0 fully saturated rings. The molecule has 0 heterocycles. The Balaban J connectivity index is 1.84. The van der Waals surface area contributed by atoms with E-state index >= 15 is 0 Å². The fourth-order valence-corrected chi connectivity index (χ4v) is 2.33. The number of hydrogen-bond acceptors (Lipinski definition) is 3. The number of nitrogens with one attached hydrogen (secondary N) is 1. The highest BCUT2D eigenvalue weighted by atomic mass is 16.5. The average molecular weight is 327 g/mol. The van der Waals surface area contributed by atoms with Gasteiger partial charge in [-0.15, -0.1) is 0 Å². The van der Waals surface area contributed by atoms with Crippen LogP contribution < -0.4 is 5.32 Å². The molecule has 24 heavy (non-hydrogen) atoms. The number of aromatic hydroxyl groups is 1. The molecule has 0 aliphatic rings. The first-order chi connectivity index (χ1) is 11.4. The normalized spacial score (nSPS) is 11.1. The van der Waals surface area contributed by atoms with Crippen LogP contribution in [0.15, 0.2) is 48.5 Å². The third-order valence-electron chi connectivity index (χ3n) is 3.79. The average Bonchev–Trinajstić information content (AvgIpc) is 2.53. The van der Waals surface area contributed by atoms with Crippen LogP contribution in [0.2, 0.25) is 0 Å². The third-order valence-corrected chi connectivity index (χ3v) is 3.79. The first-order valence-corrected chi connectivity index (χ1v) is 8.17. The highest BCUT2D eigenvalue weighted by Gasteiger charge is 2.16. The van der Waals surface area contributed by atoms with Crippen LogP contribution in [0.25, 0.3) is 0 Å². The largest absolute Gasteiger partial charge is 0.506 e. The number of phenols is 1. The summed E-state index contributed by atoms with van der Waals surface area (Å²) in [6.07, 6.45) is 1.06. The van der Waals surface area contributed by atoms with E-state index in [0.29, 0.717) is 12.3 Å². The number of phenolic OH excluding ortho intramolecular Hbond substituents is 1. The van der Waals surface area contributed by atoms with Gasteiger partial charge in [-0.05, 0) is 41.5 Å². The maximum atomic E-state index is 11.9. The molecule has 4 nitrogen and oxygen atoms in total. The smallest absolute Gasteiger partial charge is 0.411 e. The Hall–Kier alpha value is -2.49. The van der Waals surface area contributed by atoms with Gasteiger partial charge >= 0.3 is 6.09 Å². The van der Waals surface area contributed by atoms with Crippen molar-refractivity contribution in [3.8, 4) is 5.75 Å². The summed E-state index contributed by atoms with van der Waals surface area (Å²) in [5.74, 6) is 0.0317. The van der Waals surface area contributed by atoms with Gasteiger partial charge in [-0.25, -0.2) is 4.79 Å². The monoisotopic (exact) mass is 327 g/mol. The van der Waals surface area contributed by atoms with E-state index in [-0.39, 0.29) is 11.2 Å². The Bertz CT molecular complexity index is 675. The maximum Gasteiger partial charge on any atom is 0.411 e. The lowest BCUT2D eigenvalue weighted by Crippen LogP contribution is -2.16. The van der Waals surface area contributed by atoms with Crippen LogP contribution in [0.5, 0.6) is 5.75 Å². The second-order valence-electron chi connectivity index (χ2n) is 6.83. The number of ether oxygens (including phenoxy) is 1. The Morgan fingerprint density at radius 2 is 1.83 bits per heavy atom. The molecule has 0 spiro atoms. The van der Waals surface area contributed by atoms with E-state index < -0.39 is 6.09 Å². The van der Waals surface area contributed by atoms with Crippen molar-refractivity contribution in [2.24, 2.45) is 0 Å². The molecule has 0 aromatic heterocycles. The molecule has 0 radical (unpaired) electrons. The molecule has 1 amide bonds.